The average Bonchev–Trinajstić information content (AvgIpc) is 3.01. The van der Waals surface area contributed by atoms with Crippen LogP contribution in [0.4, 0.5) is 4.79 Å². The van der Waals surface area contributed by atoms with Crippen molar-refractivity contribution >= 4 is 11.9 Å². The van der Waals surface area contributed by atoms with Crippen molar-refractivity contribution in [3.05, 3.63) is 35.9 Å². The molecule has 2 N–H and O–H groups in total. The molecule has 184 valence electrons. The Morgan fingerprint density at radius 1 is 1.12 bits per heavy atom. The molecule has 0 radical (unpaired) electrons. The molecule has 4 rings (SSSR count). The van der Waals surface area contributed by atoms with E-state index >= 15 is 0 Å². The Balaban J connectivity index is 1.64. The van der Waals surface area contributed by atoms with Gasteiger partial charge in [-0.15, -0.1) is 0 Å². The highest BCUT2D eigenvalue weighted by atomic mass is 16.2. The van der Waals surface area contributed by atoms with Crippen LogP contribution in [-0.2, 0) is 10.3 Å². The Kier molecular flexibility index (Phi) is 6.18. The molecule has 1 aromatic rings. The van der Waals surface area contributed by atoms with Crippen LogP contribution in [0.2, 0.25) is 0 Å². The highest BCUT2D eigenvalue weighted by Crippen LogP contribution is 2.51. The lowest BCUT2D eigenvalue weighted by atomic mass is 9.66. The average molecular weight is 466 g/mol. The third kappa shape index (κ3) is 3.96. The van der Waals surface area contributed by atoms with Crippen LogP contribution in [0.25, 0.3) is 0 Å². The van der Waals surface area contributed by atoms with E-state index in [-0.39, 0.29) is 17.1 Å². The minimum Gasteiger partial charge on any atom is -0.369 e. The number of benzene rings is 1. The Morgan fingerprint density at radius 2 is 1.74 bits per heavy atom. The predicted octanol–water partition coefficient (Wildman–Crippen LogP) is 3.70. The van der Waals surface area contributed by atoms with E-state index in [1.807, 2.05) is 15.9 Å². The minimum absolute atomic E-state index is 0.0482. The first-order valence-corrected chi connectivity index (χ1v) is 12.5. The van der Waals surface area contributed by atoms with Gasteiger partial charge in [0.15, 0.2) is 0 Å². The maximum atomic E-state index is 13.8. The lowest BCUT2D eigenvalue weighted by Gasteiger charge is -2.52. The van der Waals surface area contributed by atoms with E-state index < -0.39 is 16.7 Å². The van der Waals surface area contributed by atoms with Crippen LogP contribution in [0.1, 0.15) is 64.4 Å². The number of rotatable bonds is 7. The van der Waals surface area contributed by atoms with Gasteiger partial charge in [0, 0.05) is 25.2 Å². The number of carbonyl (C=O) groups is 2. The normalized spacial score (nSPS) is 28.8. The first-order chi connectivity index (χ1) is 16.0. The van der Waals surface area contributed by atoms with Crippen LogP contribution >= 0.6 is 0 Å². The minimum atomic E-state index is -0.803. The summed E-state index contributed by atoms with van der Waals surface area (Å²) in [6, 6.07) is 13.1. The molecule has 0 atom stereocenters. The van der Waals surface area contributed by atoms with Crippen LogP contribution in [0.5, 0.6) is 0 Å². The zero-order valence-electron chi connectivity index (χ0n) is 21.1. The van der Waals surface area contributed by atoms with Crippen molar-refractivity contribution in [1.82, 2.24) is 14.7 Å². The van der Waals surface area contributed by atoms with Crippen molar-refractivity contribution in [2.45, 2.75) is 69.9 Å². The predicted molar refractivity (Wildman–Crippen MR) is 132 cm³/mol. The van der Waals surface area contributed by atoms with E-state index in [1.165, 1.54) is 5.56 Å². The molecule has 0 aromatic heterocycles. The summed E-state index contributed by atoms with van der Waals surface area (Å²) in [6.07, 6.45) is 6.32. The van der Waals surface area contributed by atoms with Gasteiger partial charge in [-0.1, -0.05) is 36.8 Å². The van der Waals surface area contributed by atoms with Gasteiger partial charge in [-0.05, 0) is 72.0 Å². The molecular formula is C27H39N5O2. The molecule has 34 heavy (non-hydrogen) atoms. The van der Waals surface area contributed by atoms with Gasteiger partial charge in [0.25, 0.3) is 0 Å². The van der Waals surface area contributed by atoms with Gasteiger partial charge < -0.3 is 15.5 Å². The van der Waals surface area contributed by atoms with Gasteiger partial charge in [0.05, 0.1) is 22.4 Å². The van der Waals surface area contributed by atoms with Gasteiger partial charge in [-0.2, -0.15) is 5.26 Å². The molecule has 1 aliphatic heterocycles. The molecule has 1 heterocycles. The van der Waals surface area contributed by atoms with Gasteiger partial charge in [0.1, 0.15) is 0 Å². The Bertz CT molecular complexity index is 968. The van der Waals surface area contributed by atoms with E-state index in [1.54, 1.807) is 13.8 Å². The Hall–Kier alpha value is -2.59. The maximum Gasteiger partial charge on any atom is 0.320 e. The molecule has 7 heteroatoms. The smallest absolute Gasteiger partial charge is 0.320 e. The summed E-state index contributed by atoms with van der Waals surface area (Å²) in [5, 5.41) is 9.93. The molecule has 1 aromatic carbocycles. The quantitative estimate of drug-likeness (QED) is 0.664. The molecule has 2 saturated carbocycles. The van der Waals surface area contributed by atoms with Gasteiger partial charge in [0.2, 0.25) is 5.91 Å². The molecule has 3 amide bonds. The Morgan fingerprint density at radius 3 is 2.21 bits per heavy atom. The van der Waals surface area contributed by atoms with E-state index in [0.29, 0.717) is 19.6 Å². The number of nitriles is 1. The van der Waals surface area contributed by atoms with E-state index in [9.17, 15) is 14.9 Å². The molecule has 3 aliphatic rings. The zero-order valence-corrected chi connectivity index (χ0v) is 21.1. The lowest BCUT2D eigenvalue weighted by Crippen LogP contribution is -2.57. The summed E-state index contributed by atoms with van der Waals surface area (Å²) in [5.74, 6) is -0.403. The van der Waals surface area contributed by atoms with Crippen LogP contribution in [0.3, 0.4) is 0 Å². The van der Waals surface area contributed by atoms with Crippen LogP contribution < -0.4 is 5.73 Å². The number of amides is 3. The fraction of sp³-hybridized carbons (Fsp3) is 0.667. The molecule has 1 spiro atoms. The van der Waals surface area contributed by atoms with E-state index in [2.05, 4.69) is 49.3 Å². The van der Waals surface area contributed by atoms with Crippen molar-refractivity contribution in [2.24, 2.45) is 16.6 Å². The summed E-state index contributed by atoms with van der Waals surface area (Å²) in [5.41, 5.74) is 5.32. The van der Waals surface area contributed by atoms with Gasteiger partial charge in [-0.3, -0.25) is 9.69 Å². The SMILES string of the molecule is CN(C)[C@]1(c2ccccc2)CC[C@@]2(CC1)CN(CC(C)(C)C(N)=O)C(=O)N2CC1(C#N)CCC1. The molecule has 0 bridgehead atoms. The van der Waals surface area contributed by atoms with Crippen molar-refractivity contribution in [3.63, 3.8) is 0 Å². The second-order valence-corrected chi connectivity index (χ2v) is 11.7. The first-order valence-electron chi connectivity index (χ1n) is 12.5. The van der Waals surface area contributed by atoms with Crippen LogP contribution in [-0.4, -0.2) is 65.9 Å². The largest absolute Gasteiger partial charge is 0.369 e. The molecule has 0 unspecified atom stereocenters. The highest BCUT2D eigenvalue weighted by molar-refractivity contribution is 5.83. The number of hydrogen-bond donors (Lipinski definition) is 1. The first kappa shape index (κ1) is 24.5. The number of primary amides is 1. The number of nitrogens with zero attached hydrogens (tertiary/aromatic N) is 4. The van der Waals surface area contributed by atoms with Crippen LogP contribution in [0, 0.1) is 22.2 Å². The molecule has 2 aliphatic carbocycles. The summed E-state index contributed by atoms with van der Waals surface area (Å²) in [6.45, 7) is 4.97. The topological polar surface area (TPSA) is 93.7 Å². The van der Waals surface area contributed by atoms with Crippen molar-refractivity contribution < 1.29 is 9.59 Å². The molecule has 3 fully saturated rings. The molecule has 1 saturated heterocycles. The second-order valence-electron chi connectivity index (χ2n) is 11.7. The van der Waals surface area contributed by atoms with Crippen molar-refractivity contribution in [2.75, 3.05) is 33.7 Å². The zero-order chi connectivity index (χ0) is 24.8. The Labute approximate surface area is 203 Å². The fourth-order valence-corrected chi connectivity index (χ4v) is 6.31. The highest BCUT2D eigenvalue weighted by Gasteiger charge is 2.57. The van der Waals surface area contributed by atoms with E-state index in [0.717, 1.165) is 44.9 Å². The molecular weight excluding hydrogens is 426 g/mol. The van der Waals surface area contributed by atoms with Crippen molar-refractivity contribution in [1.29, 1.82) is 5.26 Å². The van der Waals surface area contributed by atoms with Crippen molar-refractivity contribution in [3.8, 4) is 6.07 Å². The third-order valence-electron chi connectivity index (χ3n) is 9.00. The standard InChI is InChI=1S/C27H39N5O2/c1-24(2,22(29)33)18-31-20-26(32(23(31)34)19-25(17-28)11-8-12-25)13-15-27(16-14-26,30(3)4)21-9-6-5-7-10-21/h5-7,9-10H,8,11-16,18-20H2,1-4H3,(H2,29,33)/t26-,27-. The summed E-state index contributed by atoms with van der Waals surface area (Å²) >= 11 is 0. The third-order valence-corrected chi connectivity index (χ3v) is 9.00. The number of urea groups is 1. The lowest BCUT2D eigenvalue weighted by molar-refractivity contribution is -0.126. The molecule has 7 nitrogen and oxygen atoms in total. The number of nitrogens with two attached hydrogens (primary N) is 1. The summed E-state index contributed by atoms with van der Waals surface area (Å²) in [4.78, 5) is 31.9. The van der Waals surface area contributed by atoms with Gasteiger partial charge >= 0.3 is 6.03 Å². The second kappa shape index (κ2) is 8.57. The number of hydrogen-bond acceptors (Lipinski definition) is 4. The van der Waals surface area contributed by atoms with E-state index in [4.69, 9.17) is 5.73 Å². The van der Waals surface area contributed by atoms with Crippen LogP contribution in [0.15, 0.2) is 30.3 Å². The number of carbonyl (C=O) groups excluding carboxylic acids is 2. The fourth-order valence-electron chi connectivity index (χ4n) is 6.31. The maximum absolute atomic E-state index is 13.8. The monoisotopic (exact) mass is 465 g/mol. The van der Waals surface area contributed by atoms with Gasteiger partial charge in [-0.25, -0.2) is 4.79 Å². The summed E-state index contributed by atoms with van der Waals surface area (Å²) < 4.78 is 0. The summed E-state index contributed by atoms with van der Waals surface area (Å²) in [7, 11) is 4.28.